The van der Waals surface area contributed by atoms with Crippen LogP contribution in [0.2, 0.25) is 5.02 Å². The van der Waals surface area contributed by atoms with Gasteiger partial charge in [-0.1, -0.05) is 16.8 Å². The Bertz CT molecular complexity index is 812. The van der Waals surface area contributed by atoms with Gasteiger partial charge in [-0.3, -0.25) is 4.79 Å². The maximum Gasteiger partial charge on any atom is 0.274 e. The maximum absolute atomic E-state index is 12.4. The van der Waals surface area contributed by atoms with E-state index in [4.69, 9.17) is 20.8 Å². The van der Waals surface area contributed by atoms with Gasteiger partial charge in [0.25, 0.3) is 5.91 Å². The molecule has 0 radical (unpaired) electrons. The molecule has 1 aromatic carbocycles. The molecule has 0 saturated carbocycles. The second-order valence-electron chi connectivity index (χ2n) is 4.97. The van der Waals surface area contributed by atoms with Crippen LogP contribution in [-0.2, 0) is 17.9 Å². The van der Waals surface area contributed by atoms with Gasteiger partial charge in [-0.05, 0) is 36.4 Å². The Morgan fingerprint density at radius 3 is 2.79 bits per heavy atom. The van der Waals surface area contributed by atoms with Crippen LogP contribution in [0.5, 0.6) is 0 Å². The van der Waals surface area contributed by atoms with Gasteiger partial charge in [-0.15, -0.1) is 5.10 Å². The minimum Gasteiger partial charge on any atom is -0.467 e. The number of rotatable bonds is 6. The largest absolute Gasteiger partial charge is 0.467 e. The minimum absolute atomic E-state index is 0.194. The van der Waals surface area contributed by atoms with E-state index in [0.29, 0.717) is 16.5 Å². The molecule has 24 heavy (non-hydrogen) atoms. The smallest absolute Gasteiger partial charge is 0.274 e. The molecule has 0 aliphatic heterocycles. The SMILES string of the molecule is COCc1c(C(=O)NCc2ccco2)nnn1-c1ccc(Cl)cc1. The minimum atomic E-state index is -0.348. The highest BCUT2D eigenvalue weighted by Gasteiger charge is 2.20. The molecule has 0 aliphatic rings. The van der Waals surface area contributed by atoms with Crippen LogP contribution >= 0.6 is 11.6 Å². The molecular formula is C16H15ClN4O3. The molecular weight excluding hydrogens is 332 g/mol. The molecule has 0 saturated heterocycles. The van der Waals surface area contributed by atoms with Crippen molar-refractivity contribution in [2.45, 2.75) is 13.2 Å². The number of furan rings is 1. The summed E-state index contributed by atoms with van der Waals surface area (Å²) in [6.07, 6.45) is 1.55. The number of methoxy groups -OCH3 is 1. The third-order valence-electron chi connectivity index (χ3n) is 3.33. The molecule has 3 rings (SSSR count). The summed E-state index contributed by atoms with van der Waals surface area (Å²) in [6.45, 7) is 0.463. The standard InChI is InChI=1S/C16H15ClN4O3/c1-23-10-14-15(16(22)18-9-13-3-2-8-24-13)19-20-21(14)12-6-4-11(17)5-7-12/h2-8H,9-10H2,1H3,(H,18,22). The Balaban J connectivity index is 1.84. The number of carbonyl (C=O) groups is 1. The zero-order valence-corrected chi connectivity index (χ0v) is 13.7. The van der Waals surface area contributed by atoms with Crippen molar-refractivity contribution >= 4 is 17.5 Å². The molecule has 1 N–H and O–H groups in total. The van der Waals surface area contributed by atoms with Gasteiger partial charge in [-0.25, -0.2) is 4.68 Å². The van der Waals surface area contributed by atoms with Gasteiger partial charge in [-0.2, -0.15) is 0 Å². The third kappa shape index (κ3) is 3.47. The van der Waals surface area contributed by atoms with Crippen LogP contribution < -0.4 is 5.32 Å². The van der Waals surface area contributed by atoms with Crippen LogP contribution in [-0.4, -0.2) is 28.0 Å². The van der Waals surface area contributed by atoms with Crippen molar-refractivity contribution in [1.82, 2.24) is 20.3 Å². The summed E-state index contributed by atoms with van der Waals surface area (Å²) < 4.78 is 11.9. The van der Waals surface area contributed by atoms with Crippen molar-refractivity contribution in [3.63, 3.8) is 0 Å². The Labute approximate surface area is 143 Å². The van der Waals surface area contributed by atoms with Crippen LogP contribution in [0, 0.1) is 0 Å². The highest BCUT2D eigenvalue weighted by Crippen LogP contribution is 2.17. The lowest BCUT2D eigenvalue weighted by Crippen LogP contribution is -2.24. The third-order valence-corrected chi connectivity index (χ3v) is 3.59. The number of ether oxygens (including phenoxy) is 1. The predicted octanol–water partition coefficient (Wildman–Crippen LogP) is 2.59. The Morgan fingerprint density at radius 1 is 1.33 bits per heavy atom. The van der Waals surface area contributed by atoms with Crippen molar-refractivity contribution in [2.24, 2.45) is 0 Å². The van der Waals surface area contributed by atoms with Gasteiger partial charge in [0.1, 0.15) is 11.5 Å². The molecule has 124 valence electrons. The Hall–Kier alpha value is -2.64. The first-order chi connectivity index (χ1) is 11.7. The number of benzene rings is 1. The molecule has 8 heteroatoms. The van der Waals surface area contributed by atoms with Crippen molar-refractivity contribution in [3.8, 4) is 5.69 Å². The van der Waals surface area contributed by atoms with E-state index in [1.807, 2.05) is 0 Å². The topological polar surface area (TPSA) is 82.2 Å². The number of nitrogens with zero attached hydrogens (tertiary/aromatic N) is 3. The van der Waals surface area contributed by atoms with Crippen LogP contribution in [0.3, 0.4) is 0 Å². The fourth-order valence-electron chi connectivity index (χ4n) is 2.20. The number of hydrogen-bond acceptors (Lipinski definition) is 5. The van der Waals surface area contributed by atoms with Crippen LogP contribution in [0.25, 0.3) is 5.69 Å². The van der Waals surface area contributed by atoms with Crippen molar-refractivity contribution < 1.29 is 13.9 Å². The lowest BCUT2D eigenvalue weighted by molar-refractivity contribution is 0.0937. The first-order valence-corrected chi connectivity index (χ1v) is 7.57. The summed E-state index contributed by atoms with van der Waals surface area (Å²) in [5, 5.41) is 11.4. The first kappa shape index (κ1) is 16.2. The van der Waals surface area contributed by atoms with E-state index >= 15 is 0 Å². The molecule has 3 aromatic rings. The summed E-state index contributed by atoms with van der Waals surface area (Å²) >= 11 is 5.90. The van der Waals surface area contributed by atoms with E-state index in [-0.39, 0.29) is 24.8 Å². The molecule has 0 unspecified atom stereocenters. The molecule has 0 spiro atoms. The number of hydrogen-bond donors (Lipinski definition) is 1. The number of aromatic nitrogens is 3. The summed E-state index contributed by atoms with van der Waals surface area (Å²) in [4.78, 5) is 12.4. The highest BCUT2D eigenvalue weighted by atomic mass is 35.5. The average Bonchev–Trinajstić information content (AvgIpc) is 3.24. The lowest BCUT2D eigenvalue weighted by atomic mass is 10.2. The fraction of sp³-hybridized carbons (Fsp3) is 0.188. The second kappa shape index (κ2) is 7.29. The molecule has 0 atom stereocenters. The van der Waals surface area contributed by atoms with E-state index < -0.39 is 0 Å². The summed E-state index contributed by atoms with van der Waals surface area (Å²) in [7, 11) is 1.55. The van der Waals surface area contributed by atoms with Gasteiger partial charge in [0.15, 0.2) is 5.69 Å². The van der Waals surface area contributed by atoms with Gasteiger partial charge < -0.3 is 14.5 Å². The van der Waals surface area contributed by atoms with Gasteiger partial charge >= 0.3 is 0 Å². The predicted molar refractivity (Wildman–Crippen MR) is 87.0 cm³/mol. The molecule has 1 amide bonds. The number of amides is 1. The monoisotopic (exact) mass is 346 g/mol. The fourth-order valence-corrected chi connectivity index (χ4v) is 2.32. The maximum atomic E-state index is 12.4. The Morgan fingerprint density at radius 2 is 2.12 bits per heavy atom. The van der Waals surface area contributed by atoms with Gasteiger partial charge in [0.2, 0.25) is 0 Å². The van der Waals surface area contributed by atoms with Crippen molar-refractivity contribution in [1.29, 1.82) is 0 Å². The van der Waals surface area contributed by atoms with Crippen molar-refractivity contribution in [2.75, 3.05) is 7.11 Å². The van der Waals surface area contributed by atoms with E-state index in [2.05, 4.69) is 15.6 Å². The summed E-state index contributed by atoms with van der Waals surface area (Å²) in [5.41, 5.74) is 1.50. The zero-order chi connectivity index (χ0) is 16.9. The molecule has 7 nitrogen and oxygen atoms in total. The molecule has 0 fully saturated rings. The van der Waals surface area contributed by atoms with Gasteiger partial charge in [0.05, 0.1) is 25.1 Å². The number of halogens is 1. The highest BCUT2D eigenvalue weighted by molar-refractivity contribution is 6.30. The Kier molecular flexibility index (Phi) is 4.93. The first-order valence-electron chi connectivity index (χ1n) is 7.19. The van der Waals surface area contributed by atoms with E-state index in [1.165, 1.54) is 0 Å². The van der Waals surface area contributed by atoms with Crippen LogP contribution in [0.1, 0.15) is 21.9 Å². The summed E-state index contributed by atoms with van der Waals surface area (Å²) in [6, 6.07) is 10.6. The molecule has 2 heterocycles. The van der Waals surface area contributed by atoms with E-state index in [1.54, 1.807) is 54.5 Å². The van der Waals surface area contributed by atoms with Crippen LogP contribution in [0.15, 0.2) is 47.1 Å². The van der Waals surface area contributed by atoms with E-state index in [9.17, 15) is 4.79 Å². The average molecular weight is 347 g/mol. The molecule has 0 aliphatic carbocycles. The normalized spacial score (nSPS) is 10.8. The second-order valence-corrected chi connectivity index (χ2v) is 5.40. The van der Waals surface area contributed by atoms with Crippen LogP contribution in [0.4, 0.5) is 0 Å². The lowest BCUT2D eigenvalue weighted by Gasteiger charge is -2.07. The van der Waals surface area contributed by atoms with E-state index in [0.717, 1.165) is 5.69 Å². The number of nitrogens with one attached hydrogen (secondary N) is 1. The molecule has 2 aromatic heterocycles. The van der Waals surface area contributed by atoms with Gasteiger partial charge in [0, 0.05) is 12.1 Å². The molecule has 0 bridgehead atoms. The van der Waals surface area contributed by atoms with Crippen molar-refractivity contribution in [3.05, 3.63) is 64.8 Å². The summed E-state index contributed by atoms with van der Waals surface area (Å²) in [5.74, 6) is 0.306. The zero-order valence-electron chi connectivity index (χ0n) is 12.9. The quantitative estimate of drug-likeness (QED) is 0.741. The number of carbonyl (C=O) groups excluding carboxylic acids is 1.